The van der Waals surface area contributed by atoms with Gasteiger partial charge in [-0.2, -0.15) is 0 Å². The lowest BCUT2D eigenvalue weighted by Gasteiger charge is -2.20. The largest absolute Gasteiger partial charge is 0.507 e. The van der Waals surface area contributed by atoms with Gasteiger partial charge in [0.1, 0.15) is 11.5 Å². The summed E-state index contributed by atoms with van der Waals surface area (Å²) in [5.41, 5.74) is 3.57. The zero-order chi connectivity index (χ0) is 17.9. The summed E-state index contributed by atoms with van der Waals surface area (Å²) in [5.74, 6) is 0.356. The quantitative estimate of drug-likeness (QED) is 0.706. The Labute approximate surface area is 143 Å². The molecule has 128 valence electrons. The third-order valence-electron chi connectivity index (χ3n) is 4.64. The number of nitrogens with one attached hydrogen (secondary N) is 1. The van der Waals surface area contributed by atoms with E-state index in [1.807, 2.05) is 37.3 Å². The van der Waals surface area contributed by atoms with Gasteiger partial charge in [-0.15, -0.1) is 0 Å². The van der Waals surface area contributed by atoms with Crippen LogP contribution in [0.25, 0.3) is 0 Å². The number of phenols is 2. The number of carbonyl (C=O) groups is 1. The topological polar surface area (TPSA) is 69.6 Å². The van der Waals surface area contributed by atoms with Gasteiger partial charge in [-0.1, -0.05) is 25.1 Å². The molecule has 2 aromatic rings. The molecule has 0 saturated heterocycles. The smallest absolute Gasteiger partial charge is 0.224 e. The maximum absolute atomic E-state index is 12.1. The fourth-order valence-corrected chi connectivity index (χ4v) is 2.98. The predicted molar refractivity (Wildman–Crippen MR) is 96.7 cm³/mol. The number of benzene rings is 2. The van der Waals surface area contributed by atoms with E-state index in [9.17, 15) is 15.0 Å². The Morgan fingerprint density at radius 2 is 1.58 bits per heavy atom. The van der Waals surface area contributed by atoms with Crippen LogP contribution in [-0.2, 0) is 4.79 Å². The van der Waals surface area contributed by atoms with E-state index in [0.29, 0.717) is 29.5 Å². The van der Waals surface area contributed by atoms with Crippen molar-refractivity contribution in [1.29, 1.82) is 0 Å². The first kappa shape index (κ1) is 17.9. The van der Waals surface area contributed by atoms with E-state index in [1.54, 1.807) is 20.8 Å². The molecular formula is C20H25NO3. The van der Waals surface area contributed by atoms with Gasteiger partial charge in [0.15, 0.2) is 0 Å². The summed E-state index contributed by atoms with van der Waals surface area (Å²) in [6, 6.07) is 9.34. The molecule has 0 aliphatic carbocycles. The Kier molecular flexibility index (Phi) is 5.50. The van der Waals surface area contributed by atoms with Crippen molar-refractivity contribution < 1.29 is 15.0 Å². The lowest BCUT2D eigenvalue weighted by Crippen LogP contribution is -2.12. The van der Waals surface area contributed by atoms with Crippen molar-refractivity contribution in [1.82, 2.24) is 0 Å². The highest BCUT2D eigenvalue weighted by Gasteiger charge is 2.21. The van der Waals surface area contributed by atoms with Crippen LogP contribution in [0.4, 0.5) is 5.69 Å². The number of aromatic hydroxyl groups is 2. The van der Waals surface area contributed by atoms with Crippen molar-refractivity contribution in [3.63, 3.8) is 0 Å². The molecule has 0 fully saturated rings. The minimum atomic E-state index is -0.0572. The molecule has 0 aliphatic rings. The summed E-state index contributed by atoms with van der Waals surface area (Å²) in [7, 11) is 0. The molecule has 0 saturated carbocycles. The molecular weight excluding hydrogens is 302 g/mol. The highest BCUT2D eigenvalue weighted by Crippen LogP contribution is 2.41. The number of carbonyl (C=O) groups excluding carboxylic acids is 1. The summed E-state index contributed by atoms with van der Waals surface area (Å²) in [6.07, 6.45) is 0.942. The second-order valence-corrected chi connectivity index (χ2v) is 6.34. The Morgan fingerprint density at radius 3 is 2.21 bits per heavy atom. The predicted octanol–water partition coefficient (Wildman–Crippen LogP) is 4.55. The van der Waals surface area contributed by atoms with Gasteiger partial charge in [-0.25, -0.2) is 0 Å². The second kappa shape index (κ2) is 7.39. The molecule has 24 heavy (non-hydrogen) atoms. The number of hydrogen-bond donors (Lipinski definition) is 3. The molecule has 0 aliphatic heterocycles. The molecule has 1 unspecified atom stereocenters. The van der Waals surface area contributed by atoms with Gasteiger partial charge in [0.2, 0.25) is 5.91 Å². The third kappa shape index (κ3) is 3.70. The first-order chi connectivity index (χ1) is 11.3. The van der Waals surface area contributed by atoms with Gasteiger partial charge < -0.3 is 15.5 Å². The van der Waals surface area contributed by atoms with Crippen LogP contribution in [0.5, 0.6) is 11.5 Å². The molecule has 4 nitrogen and oxygen atoms in total. The molecule has 4 heteroatoms. The van der Waals surface area contributed by atoms with Crippen LogP contribution in [0.2, 0.25) is 0 Å². The summed E-state index contributed by atoms with van der Waals surface area (Å²) < 4.78 is 0. The fourth-order valence-electron chi connectivity index (χ4n) is 2.98. The molecule has 2 aromatic carbocycles. The standard InChI is InChI=1S/C20H25NO3/c1-12(10-11-17(22)21-16-8-6-5-7-9-16)18-15(4)19(23)13(2)14(3)20(18)24/h5-9,12,23-24H,10-11H2,1-4H3,(H,21,22). The summed E-state index contributed by atoms with van der Waals surface area (Å²) in [6.45, 7) is 7.35. The minimum absolute atomic E-state index is 0.0308. The van der Waals surface area contributed by atoms with Crippen molar-refractivity contribution in [3.8, 4) is 11.5 Å². The maximum Gasteiger partial charge on any atom is 0.224 e. The SMILES string of the molecule is Cc1c(C)c(O)c(C(C)CCC(=O)Nc2ccccc2)c(C)c1O. The summed E-state index contributed by atoms with van der Waals surface area (Å²) in [5, 5.41) is 23.5. The Morgan fingerprint density at radius 1 is 1.00 bits per heavy atom. The molecule has 0 heterocycles. The van der Waals surface area contributed by atoms with E-state index in [2.05, 4.69) is 5.32 Å². The first-order valence-corrected chi connectivity index (χ1v) is 8.19. The number of rotatable bonds is 5. The highest BCUT2D eigenvalue weighted by molar-refractivity contribution is 5.90. The maximum atomic E-state index is 12.1. The van der Waals surface area contributed by atoms with Gasteiger partial charge in [0.25, 0.3) is 0 Å². The number of phenolic OH excluding ortho intramolecular Hbond substituents is 2. The second-order valence-electron chi connectivity index (χ2n) is 6.34. The van der Waals surface area contributed by atoms with Crippen LogP contribution in [0.15, 0.2) is 30.3 Å². The van der Waals surface area contributed by atoms with Crippen LogP contribution < -0.4 is 5.32 Å². The van der Waals surface area contributed by atoms with Crippen molar-refractivity contribution >= 4 is 11.6 Å². The molecule has 0 bridgehead atoms. The molecule has 3 N–H and O–H groups in total. The summed E-state index contributed by atoms with van der Waals surface area (Å²) >= 11 is 0. The van der Waals surface area contributed by atoms with Gasteiger partial charge in [-0.3, -0.25) is 4.79 Å². The number of anilines is 1. The van der Waals surface area contributed by atoms with Crippen LogP contribution >= 0.6 is 0 Å². The lowest BCUT2D eigenvalue weighted by molar-refractivity contribution is -0.116. The average Bonchev–Trinajstić information content (AvgIpc) is 2.57. The van der Waals surface area contributed by atoms with Crippen molar-refractivity contribution in [2.45, 2.75) is 46.5 Å². The Bertz CT molecular complexity index is 709. The zero-order valence-electron chi connectivity index (χ0n) is 14.7. The molecule has 2 rings (SSSR count). The first-order valence-electron chi connectivity index (χ1n) is 8.19. The number of hydrogen-bond acceptors (Lipinski definition) is 3. The molecule has 0 spiro atoms. The van der Waals surface area contributed by atoms with Crippen molar-refractivity contribution in [3.05, 3.63) is 52.6 Å². The number of amides is 1. The van der Waals surface area contributed by atoms with Gasteiger partial charge in [-0.05, 0) is 61.9 Å². The van der Waals surface area contributed by atoms with Crippen LogP contribution in [0, 0.1) is 20.8 Å². The average molecular weight is 327 g/mol. The van der Waals surface area contributed by atoms with Gasteiger partial charge >= 0.3 is 0 Å². The van der Waals surface area contributed by atoms with E-state index in [0.717, 1.165) is 11.3 Å². The lowest BCUT2D eigenvalue weighted by atomic mass is 9.87. The minimum Gasteiger partial charge on any atom is -0.507 e. The normalized spacial score (nSPS) is 12.0. The highest BCUT2D eigenvalue weighted by atomic mass is 16.3. The monoisotopic (exact) mass is 327 g/mol. The van der Waals surface area contributed by atoms with E-state index in [-0.39, 0.29) is 23.3 Å². The molecule has 1 atom stereocenters. The van der Waals surface area contributed by atoms with Crippen molar-refractivity contribution in [2.75, 3.05) is 5.32 Å². The van der Waals surface area contributed by atoms with E-state index >= 15 is 0 Å². The van der Waals surface area contributed by atoms with E-state index < -0.39 is 0 Å². The Balaban J connectivity index is 2.08. The van der Waals surface area contributed by atoms with Crippen LogP contribution in [0.3, 0.4) is 0 Å². The third-order valence-corrected chi connectivity index (χ3v) is 4.64. The van der Waals surface area contributed by atoms with E-state index in [1.165, 1.54) is 0 Å². The molecule has 0 radical (unpaired) electrons. The number of para-hydroxylation sites is 1. The molecule has 0 aromatic heterocycles. The zero-order valence-corrected chi connectivity index (χ0v) is 14.7. The summed E-state index contributed by atoms with van der Waals surface area (Å²) in [4.78, 5) is 12.1. The van der Waals surface area contributed by atoms with E-state index in [4.69, 9.17) is 0 Å². The van der Waals surface area contributed by atoms with Gasteiger partial charge in [0.05, 0.1) is 0 Å². The molecule has 1 amide bonds. The van der Waals surface area contributed by atoms with Gasteiger partial charge in [0, 0.05) is 17.7 Å². The van der Waals surface area contributed by atoms with Crippen LogP contribution in [-0.4, -0.2) is 16.1 Å². The van der Waals surface area contributed by atoms with Crippen LogP contribution in [0.1, 0.15) is 47.9 Å². The fraction of sp³-hybridized carbons (Fsp3) is 0.350. The Hall–Kier alpha value is -2.49. The van der Waals surface area contributed by atoms with Crippen molar-refractivity contribution in [2.24, 2.45) is 0 Å².